The number of halogens is 1. The average Bonchev–Trinajstić information content (AvgIpc) is 2.85. The highest BCUT2D eigenvalue weighted by atomic mass is 19.1. The van der Waals surface area contributed by atoms with Crippen molar-refractivity contribution in [2.45, 2.75) is 38.3 Å². The summed E-state index contributed by atoms with van der Waals surface area (Å²) in [5, 5.41) is 8.86. The first-order valence-electron chi connectivity index (χ1n) is 6.15. The van der Waals surface area contributed by atoms with Crippen molar-refractivity contribution in [3.63, 3.8) is 0 Å². The van der Waals surface area contributed by atoms with E-state index in [0.29, 0.717) is 24.7 Å². The molecule has 0 unspecified atom stereocenters. The van der Waals surface area contributed by atoms with Crippen molar-refractivity contribution in [1.82, 2.24) is 4.90 Å². The Morgan fingerprint density at radius 2 is 2.00 bits per heavy atom. The van der Waals surface area contributed by atoms with Gasteiger partial charge in [0.05, 0.1) is 12.6 Å². The molecule has 0 amide bonds. The fourth-order valence-corrected chi connectivity index (χ4v) is 2.52. The Labute approximate surface area is 102 Å². The van der Waals surface area contributed by atoms with Gasteiger partial charge in [-0.25, -0.2) is 4.39 Å². The van der Waals surface area contributed by atoms with E-state index in [1.54, 1.807) is 12.1 Å². The van der Waals surface area contributed by atoms with Gasteiger partial charge in [0.1, 0.15) is 5.82 Å². The number of rotatable bonds is 4. The van der Waals surface area contributed by atoms with Crippen molar-refractivity contribution in [3.05, 3.63) is 35.6 Å². The molecule has 1 aliphatic carbocycles. The molecule has 0 saturated heterocycles. The molecule has 3 heteroatoms. The maximum absolute atomic E-state index is 13.6. The molecular formula is C14H17FN2. The van der Waals surface area contributed by atoms with Gasteiger partial charge in [0.15, 0.2) is 0 Å². The fourth-order valence-electron chi connectivity index (χ4n) is 2.52. The van der Waals surface area contributed by atoms with Crippen molar-refractivity contribution in [2.75, 3.05) is 6.54 Å². The van der Waals surface area contributed by atoms with E-state index in [2.05, 4.69) is 11.0 Å². The van der Waals surface area contributed by atoms with Crippen molar-refractivity contribution >= 4 is 0 Å². The minimum atomic E-state index is -0.173. The predicted molar refractivity (Wildman–Crippen MR) is 64.7 cm³/mol. The van der Waals surface area contributed by atoms with Crippen LogP contribution in [0.5, 0.6) is 0 Å². The molecule has 0 spiro atoms. The van der Waals surface area contributed by atoms with Crippen LogP contribution in [0.1, 0.15) is 31.2 Å². The van der Waals surface area contributed by atoms with E-state index >= 15 is 0 Å². The molecule has 1 aromatic rings. The van der Waals surface area contributed by atoms with Gasteiger partial charge < -0.3 is 0 Å². The Morgan fingerprint density at radius 1 is 1.29 bits per heavy atom. The third-order valence-electron chi connectivity index (χ3n) is 3.45. The van der Waals surface area contributed by atoms with Gasteiger partial charge in [-0.3, -0.25) is 4.90 Å². The van der Waals surface area contributed by atoms with E-state index in [1.807, 2.05) is 6.07 Å². The number of nitrogens with zero attached hydrogens (tertiary/aromatic N) is 2. The van der Waals surface area contributed by atoms with E-state index in [1.165, 1.54) is 18.9 Å². The Morgan fingerprint density at radius 3 is 2.65 bits per heavy atom. The zero-order valence-electron chi connectivity index (χ0n) is 9.90. The molecule has 2 nitrogen and oxygen atoms in total. The van der Waals surface area contributed by atoms with E-state index in [0.717, 1.165) is 12.8 Å². The fraction of sp³-hybridized carbons (Fsp3) is 0.500. The summed E-state index contributed by atoms with van der Waals surface area (Å²) in [7, 11) is 0. The molecule has 0 radical (unpaired) electrons. The van der Waals surface area contributed by atoms with E-state index in [4.69, 9.17) is 5.26 Å². The molecule has 2 rings (SSSR count). The number of nitriles is 1. The van der Waals surface area contributed by atoms with Crippen molar-refractivity contribution in [1.29, 1.82) is 5.26 Å². The van der Waals surface area contributed by atoms with Gasteiger partial charge in [-0.15, -0.1) is 0 Å². The normalized spacial score (nSPS) is 16.3. The first-order chi connectivity index (χ1) is 8.31. The smallest absolute Gasteiger partial charge is 0.127 e. The first-order valence-corrected chi connectivity index (χ1v) is 6.15. The highest BCUT2D eigenvalue weighted by Gasteiger charge is 2.22. The van der Waals surface area contributed by atoms with Gasteiger partial charge in [-0.2, -0.15) is 5.26 Å². The Bertz CT molecular complexity index is 405. The van der Waals surface area contributed by atoms with Crippen molar-refractivity contribution in [2.24, 2.45) is 0 Å². The SMILES string of the molecule is N#CCN(Cc1ccccc1F)C1CCCC1. The molecule has 0 bridgehead atoms. The maximum Gasteiger partial charge on any atom is 0.127 e. The van der Waals surface area contributed by atoms with Crippen LogP contribution in [0.4, 0.5) is 4.39 Å². The van der Waals surface area contributed by atoms with E-state index < -0.39 is 0 Å². The first kappa shape index (κ1) is 12.1. The number of hydrogen-bond acceptors (Lipinski definition) is 2. The molecule has 1 fully saturated rings. The van der Waals surface area contributed by atoms with E-state index in [-0.39, 0.29) is 5.82 Å². The molecular weight excluding hydrogens is 215 g/mol. The zero-order valence-corrected chi connectivity index (χ0v) is 9.90. The molecule has 0 aliphatic heterocycles. The Hall–Kier alpha value is -1.40. The number of benzene rings is 1. The summed E-state index contributed by atoms with van der Waals surface area (Å²) >= 11 is 0. The molecule has 17 heavy (non-hydrogen) atoms. The summed E-state index contributed by atoms with van der Waals surface area (Å²) in [6.45, 7) is 0.934. The molecule has 0 N–H and O–H groups in total. The van der Waals surface area contributed by atoms with Crippen LogP contribution in [0.2, 0.25) is 0 Å². The van der Waals surface area contributed by atoms with Crippen LogP contribution in [-0.4, -0.2) is 17.5 Å². The van der Waals surface area contributed by atoms with Gasteiger partial charge in [0.2, 0.25) is 0 Å². The summed E-state index contributed by atoms with van der Waals surface area (Å²) < 4.78 is 13.6. The van der Waals surface area contributed by atoms with Crippen LogP contribution < -0.4 is 0 Å². The lowest BCUT2D eigenvalue weighted by Gasteiger charge is -2.26. The van der Waals surface area contributed by atoms with Crippen molar-refractivity contribution in [3.8, 4) is 6.07 Å². The molecule has 1 aliphatic rings. The summed E-state index contributed by atoms with van der Waals surface area (Å²) in [6.07, 6.45) is 4.72. The highest BCUT2D eigenvalue weighted by molar-refractivity contribution is 5.17. The molecule has 0 heterocycles. The average molecular weight is 232 g/mol. The maximum atomic E-state index is 13.6. The molecule has 1 aromatic carbocycles. The van der Waals surface area contributed by atoms with Gasteiger partial charge in [-0.1, -0.05) is 31.0 Å². The Kier molecular flexibility index (Phi) is 4.11. The molecule has 0 atom stereocenters. The molecule has 1 saturated carbocycles. The quantitative estimate of drug-likeness (QED) is 0.746. The van der Waals surface area contributed by atoms with E-state index in [9.17, 15) is 4.39 Å². The summed E-state index contributed by atoms with van der Waals surface area (Å²) in [5.74, 6) is -0.173. The third-order valence-corrected chi connectivity index (χ3v) is 3.45. The topological polar surface area (TPSA) is 27.0 Å². The second-order valence-electron chi connectivity index (χ2n) is 4.59. The van der Waals surface area contributed by atoms with Crippen LogP contribution in [0.15, 0.2) is 24.3 Å². The van der Waals surface area contributed by atoms with Gasteiger partial charge >= 0.3 is 0 Å². The lowest BCUT2D eigenvalue weighted by Crippen LogP contribution is -2.33. The van der Waals surface area contributed by atoms with Crippen LogP contribution >= 0.6 is 0 Å². The van der Waals surface area contributed by atoms with Crippen LogP contribution in [-0.2, 0) is 6.54 Å². The summed E-state index contributed by atoms with van der Waals surface area (Å²) in [4.78, 5) is 2.10. The van der Waals surface area contributed by atoms with Gasteiger partial charge in [0.25, 0.3) is 0 Å². The zero-order chi connectivity index (χ0) is 12.1. The number of hydrogen-bond donors (Lipinski definition) is 0. The molecule has 90 valence electrons. The molecule has 0 aromatic heterocycles. The summed E-state index contributed by atoms with van der Waals surface area (Å²) in [5.41, 5.74) is 0.689. The Balaban J connectivity index is 2.07. The lowest BCUT2D eigenvalue weighted by molar-refractivity contribution is 0.211. The lowest BCUT2D eigenvalue weighted by atomic mass is 10.1. The summed E-state index contributed by atoms with van der Waals surface area (Å²) in [6, 6.07) is 9.46. The van der Waals surface area contributed by atoms with Gasteiger partial charge in [0, 0.05) is 18.2 Å². The minimum absolute atomic E-state index is 0.173. The predicted octanol–water partition coefficient (Wildman–Crippen LogP) is 3.09. The van der Waals surface area contributed by atoms with Crippen LogP contribution in [0.3, 0.4) is 0 Å². The monoisotopic (exact) mass is 232 g/mol. The highest BCUT2D eigenvalue weighted by Crippen LogP contribution is 2.25. The van der Waals surface area contributed by atoms with Crippen LogP contribution in [0.25, 0.3) is 0 Å². The van der Waals surface area contributed by atoms with Gasteiger partial charge in [-0.05, 0) is 18.9 Å². The van der Waals surface area contributed by atoms with Crippen LogP contribution in [0, 0.1) is 17.1 Å². The second kappa shape index (κ2) is 5.79. The second-order valence-corrected chi connectivity index (χ2v) is 4.59. The standard InChI is InChI=1S/C14H17FN2/c15-14-8-4-1-5-12(14)11-17(10-9-16)13-6-2-3-7-13/h1,4-5,8,13H,2-3,6-7,10-11H2. The third kappa shape index (κ3) is 3.04. The largest absolute Gasteiger partial charge is 0.283 e. The van der Waals surface area contributed by atoms with Crippen molar-refractivity contribution < 1.29 is 4.39 Å². The minimum Gasteiger partial charge on any atom is -0.283 e.